The van der Waals surface area contributed by atoms with Crippen molar-refractivity contribution in [3.8, 4) is 0 Å². The Morgan fingerprint density at radius 2 is 2.00 bits per heavy atom. The Labute approximate surface area is 155 Å². The number of carbonyl (C=O) groups is 2. The number of ether oxygens (including phenoxy) is 1. The lowest BCUT2D eigenvalue weighted by Crippen LogP contribution is -2.11. The summed E-state index contributed by atoms with van der Waals surface area (Å²) in [6.45, 7) is 1.76. The van der Waals surface area contributed by atoms with Gasteiger partial charge in [0.25, 0.3) is 0 Å². The van der Waals surface area contributed by atoms with Gasteiger partial charge in [-0.1, -0.05) is 29.3 Å². The molecule has 0 aliphatic rings. The van der Waals surface area contributed by atoms with Crippen molar-refractivity contribution in [2.24, 2.45) is 0 Å². The number of hydrogen-bond acceptors (Lipinski definition) is 6. The third kappa shape index (κ3) is 3.20. The van der Waals surface area contributed by atoms with E-state index >= 15 is 0 Å². The van der Waals surface area contributed by atoms with Gasteiger partial charge in [0.1, 0.15) is 5.02 Å². The number of esters is 1. The maximum Gasteiger partial charge on any atom is 0.374 e. The van der Waals surface area contributed by atoms with E-state index in [2.05, 4.69) is 0 Å². The highest BCUT2D eigenvalue weighted by Crippen LogP contribution is 2.35. The topological polar surface area (TPSA) is 73.6 Å². The van der Waals surface area contributed by atoms with Crippen LogP contribution >= 0.6 is 34.5 Å². The maximum atomic E-state index is 12.6. The molecule has 0 bridgehead atoms. The summed E-state index contributed by atoms with van der Waals surface area (Å²) in [5.41, 5.74) is -0.495. The summed E-state index contributed by atoms with van der Waals surface area (Å²) in [6.07, 6.45) is 0. The molecule has 0 aliphatic heterocycles. The third-order valence-electron chi connectivity index (χ3n) is 3.37. The molecular formula is C17H10Cl2O5S. The van der Waals surface area contributed by atoms with Gasteiger partial charge in [-0.05, 0) is 24.4 Å². The second-order valence-electron chi connectivity index (χ2n) is 4.93. The van der Waals surface area contributed by atoms with Gasteiger partial charge in [0, 0.05) is 11.6 Å². The fourth-order valence-electron chi connectivity index (χ4n) is 2.24. The van der Waals surface area contributed by atoms with Gasteiger partial charge >= 0.3 is 5.97 Å². The summed E-state index contributed by atoms with van der Waals surface area (Å²) in [7, 11) is 0. The first kappa shape index (κ1) is 17.7. The van der Waals surface area contributed by atoms with E-state index in [0.717, 1.165) is 6.07 Å². The SMILES string of the molecule is CCOC(=O)c1cc(=O)c2cc(C(=O)c3cccs3)c(Cl)c(Cl)c2o1. The van der Waals surface area contributed by atoms with E-state index < -0.39 is 11.4 Å². The molecule has 3 aromatic rings. The van der Waals surface area contributed by atoms with Crippen molar-refractivity contribution < 1.29 is 18.7 Å². The lowest BCUT2D eigenvalue weighted by molar-refractivity contribution is 0.0490. The molecule has 2 heterocycles. The van der Waals surface area contributed by atoms with Crippen molar-refractivity contribution in [2.75, 3.05) is 6.61 Å². The van der Waals surface area contributed by atoms with Crippen LogP contribution in [0.4, 0.5) is 0 Å². The van der Waals surface area contributed by atoms with Gasteiger partial charge in [0.2, 0.25) is 11.5 Å². The largest absolute Gasteiger partial charge is 0.460 e. The average Bonchev–Trinajstić information content (AvgIpc) is 3.12. The van der Waals surface area contributed by atoms with E-state index in [9.17, 15) is 14.4 Å². The van der Waals surface area contributed by atoms with Gasteiger partial charge in [-0.2, -0.15) is 0 Å². The normalized spacial score (nSPS) is 10.8. The molecule has 0 spiro atoms. The minimum Gasteiger partial charge on any atom is -0.460 e. The zero-order valence-corrected chi connectivity index (χ0v) is 15.1. The highest BCUT2D eigenvalue weighted by atomic mass is 35.5. The molecule has 25 heavy (non-hydrogen) atoms. The lowest BCUT2D eigenvalue weighted by atomic mass is 10.1. The van der Waals surface area contributed by atoms with Crippen molar-refractivity contribution in [3.63, 3.8) is 0 Å². The molecule has 0 saturated carbocycles. The molecule has 5 nitrogen and oxygen atoms in total. The van der Waals surface area contributed by atoms with Crippen LogP contribution in [0.15, 0.2) is 38.9 Å². The second-order valence-corrected chi connectivity index (χ2v) is 6.63. The van der Waals surface area contributed by atoms with Crippen LogP contribution in [0, 0.1) is 0 Å². The van der Waals surface area contributed by atoms with E-state index in [1.165, 1.54) is 17.4 Å². The molecule has 0 N–H and O–H groups in total. The Balaban J connectivity index is 2.22. The van der Waals surface area contributed by atoms with E-state index in [-0.39, 0.29) is 44.7 Å². The Kier molecular flexibility index (Phi) is 4.94. The van der Waals surface area contributed by atoms with Crippen molar-refractivity contribution in [1.29, 1.82) is 0 Å². The van der Waals surface area contributed by atoms with Crippen molar-refractivity contribution >= 4 is 57.3 Å². The number of ketones is 1. The molecule has 3 rings (SSSR count). The van der Waals surface area contributed by atoms with Gasteiger partial charge < -0.3 is 9.15 Å². The summed E-state index contributed by atoms with van der Waals surface area (Å²) in [5, 5.41) is 1.66. The number of benzene rings is 1. The standard InChI is InChI=1S/C17H10Cl2O5S/c1-2-23-17(22)11-7-10(20)8-6-9(13(18)14(19)16(8)24-11)15(21)12-4-3-5-25-12/h3-7H,2H2,1H3. The average molecular weight is 397 g/mol. The molecular weight excluding hydrogens is 387 g/mol. The van der Waals surface area contributed by atoms with Crippen LogP contribution in [-0.4, -0.2) is 18.4 Å². The van der Waals surface area contributed by atoms with E-state index in [1.54, 1.807) is 24.4 Å². The first-order chi connectivity index (χ1) is 11.9. The molecule has 8 heteroatoms. The Bertz CT molecular complexity index is 1040. The summed E-state index contributed by atoms with van der Waals surface area (Å²) in [6, 6.07) is 5.71. The monoisotopic (exact) mass is 396 g/mol. The molecule has 0 aliphatic carbocycles. The number of carbonyl (C=O) groups excluding carboxylic acids is 2. The van der Waals surface area contributed by atoms with Crippen LogP contribution in [0.5, 0.6) is 0 Å². The number of hydrogen-bond donors (Lipinski definition) is 0. The van der Waals surface area contributed by atoms with Crippen LogP contribution < -0.4 is 5.43 Å². The highest BCUT2D eigenvalue weighted by Gasteiger charge is 2.22. The highest BCUT2D eigenvalue weighted by molar-refractivity contribution is 7.12. The Hall–Kier alpha value is -2.15. The zero-order valence-electron chi connectivity index (χ0n) is 12.8. The predicted molar refractivity (Wildman–Crippen MR) is 96.2 cm³/mol. The first-order valence-corrected chi connectivity index (χ1v) is 8.78. The van der Waals surface area contributed by atoms with Crippen LogP contribution in [-0.2, 0) is 4.74 Å². The van der Waals surface area contributed by atoms with Crippen molar-refractivity contribution in [2.45, 2.75) is 6.92 Å². The summed E-state index contributed by atoms with van der Waals surface area (Å²) in [4.78, 5) is 37.2. The Morgan fingerprint density at radius 3 is 2.64 bits per heavy atom. The van der Waals surface area contributed by atoms with Crippen LogP contribution in [0.1, 0.15) is 32.7 Å². The van der Waals surface area contributed by atoms with Gasteiger partial charge in [0.05, 0.1) is 21.9 Å². The Morgan fingerprint density at radius 1 is 1.24 bits per heavy atom. The summed E-state index contributed by atoms with van der Waals surface area (Å²) in [5.74, 6) is -1.42. The fraction of sp³-hybridized carbons (Fsp3) is 0.118. The van der Waals surface area contributed by atoms with Crippen LogP contribution in [0.3, 0.4) is 0 Å². The molecule has 128 valence electrons. The molecule has 0 atom stereocenters. The molecule has 1 aromatic carbocycles. The smallest absolute Gasteiger partial charge is 0.374 e. The zero-order chi connectivity index (χ0) is 18.1. The number of thiophene rings is 1. The van der Waals surface area contributed by atoms with Gasteiger partial charge in [-0.15, -0.1) is 11.3 Å². The third-order valence-corrected chi connectivity index (χ3v) is 5.09. The molecule has 0 fully saturated rings. The lowest BCUT2D eigenvalue weighted by Gasteiger charge is -2.08. The number of fused-ring (bicyclic) bond motifs is 1. The summed E-state index contributed by atoms with van der Waals surface area (Å²) >= 11 is 13.6. The fourth-order valence-corrected chi connectivity index (χ4v) is 3.38. The van der Waals surface area contributed by atoms with E-state index in [0.29, 0.717) is 4.88 Å². The quantitative estimate of drug-likeness (QED) is 0.476. The van der Waals surface area contributed by atoms with Crippen LogP contribution in [0.2, 0.25) is 10.0 Å². The van der Waals surface area contributed by atoms with Gasteiger partial charge in [-0.3, -0.25) is 9.59 Å². The second kappa shape index (κ2) is 7.00. The molecule has 2 aromatic heterocycles. The number of halogens is 2. The summed E-state index contributed by atoms with van der Waals surface area (Å²) < 4.78 is 10.2. The van der Waals surface area contributed by atoms with Crippen LogP contribution in [0.25, 0.3) is 11.0 Å². The number of rotatable bonds is 4. The molecule has 0 unspecified atom stereocenters. The molecule has 0 radical (unpaired) electrons. The first-order valence-electron chi connectivity index (χ1n) is 7.15. The minimum atomic E-state index is -0.785. The van der Waals surface area contributed by atoms with E-state index in [4.69, 9.17) is 32.4 Å². The molecule has 0 saturated heterocycles. The van der Waals surface area contributed by atoms with Gasteiger partial charge in [-0.25, -0.2) is 4.79 Å². The van der Waals surface area contributed by atoms with E-state index in [1.807, 2.05) is 0 Å². The van der Waals surface area contributed by atoms with Gasteiger partial charge in [0.15, 0.2) is 11.0 Å². The van der Waals surface area contributed by atoms with Crippen molar-refractivity contribution in [1.82, 2.24) is 0 Å². The minimum absolute atomic E-state index is 0.0447. The molecule has 0 amide bonds. The predicted octanol–water partition coefficient (Wildman–Crippen LogP) is 4.57. The van der Waals surface area contributed by atoms with Crippen molar-refractivity contribution in [3.05, 3.63) is 66.1 Å². The maximum absolute atomic E-state index is 12.6.